The summed E-state index contributed by atoms with van der Waals surface area (Å²) in [6.45, 7) is 5.02. The van der Waals surface area contributed by atoms with Crippen molar-refractivity contribution in [3.63, 3.8) is 0 Å². The molecule has 3 heterocycles. The molecule has 0 saturated carbocycles. The first-order chi connectivity index (χ1) is 9.76. The molecule has 0 radical (unpaired) electrons. The number of hydrogen-bond donors (Lipinski definition) is 2. The average molecular weight is 273 g/mol. The first-order valence-corrected chi connectivity index (χ1v) is 6.37. The van der Waals surface area contributed by atoms with Gasteiger partial charge < -0.3 is 19.6 Å². The van der Waals surface area contributed by atoms with E-state index in [-0.39, 0.29) is 0 Å². The predicted molar refractivity (Wildman–Crippen MR) is 73.5 cm³/mol. The Labute approximate surface area is 115 Å². The highest BCUT2D eigenvalue weighted by atomic mass is 16.5. The summed E-state index contributed by atoms with van der Waals surface area (Å²) in [5.41, 5.74) is 0.756. The number of fused-ring (bicyclic) bond motifs is 1. The fourth-order valence-corrected chi connectivity index (χ4v) is 1.89. The molecule has 0 aliphatic rings. The minimum atomic E-state index is 0.433. The molecule has 0 spiro atoms. The molecule has 0 aliphatic carbocycles. The number of anilines is 2. The Kier molecular flexibility index (Phi) is 3.20. The second kappa shape index (κ2) is 5.16. The van der Waals surface area contributed by atoms with E-state index in [1.807, 2.05) is 23.7 Å². The van der Waals surface area contributed by atoms with E-state index in [2.05, 4.69) is 30.7 Å². The second-order valence-electron chi connectivity index (χ2n) is 4.25. The highest BCUT2D eigenvalue weighted by molar-refractivity contribution is 5.65. The van der Waals surface area contributed by atoms with Crippen LogP contribution in [0.1, 0.15) is 18.6 Å². The van der Waals surface area contributed by atoms with Crippen molar-refractivity contribution >= 4 is 17.3 Å². The fourth-order valence-electron chi connectivity index (χ4n) is 1.89. The van der Waals surface area contributed by atoms with Crippen LogP contribution in [0, 0.1) is 6.92 Å². The summed E-state index contributed by atoms with van der Waals surface area (Å²) < 4.78 is 6.84. The number of aryl methyl sites for hydroxylation is 1. The van der Waals surface area contributed by atoms with Crippen LogP contribution in [0.25, 0.3) is 5.65 Å². The van der Waals surface area contributed by atoms with Gasteiger partial charge in [0.15, 0.2) is 17.3 Å². The van der Waals surface area contributed by atoms with Crippen LogP contribution in [0.3, 0.4) is 0 Å². The molecule has 0 aliphatic heterocycles. The Morgan fingerprint density at radius 3 is 2.95 bits per heavy atom. The van der Waals surface area contributed by atoms with E-state index in [1.54, 1.807) is 13.1 Å². The lowest BCUT2D eigenvalue weighted by Crippen LogP contribution is -2.08. The highest BCUT2D eigenvalue weighted by Gasteiger charge is 2.09. The monoisotopic (exact) mass is 273 g/mol. The molecular weight excluding hydrogens is 258 g/mol. The van der Waals surface area contributed by atoms with Gasteiger partial charge in [0.25, 0.3) is 0 Å². The Bertz CT molecular complexity index is 717. The lowest BCUT2D eigenvalue weighted by atomic mass is 10.5. The van der Waals surface area contributed by atoms with Crippen molar-refractivity contribution in [3.05, 3.63) is 30.3 Å². The van der Waals surface area contributed by atoms with E-state index in [0.29, 0.717) is 24.1 Å². The number of aromatic nitrogens is 5. The number of hydrogen-bond acceptors (Lipinski definition) is 7. The zero-order valence-corrected chi connectivity index (χ0v) is 11.3. The molecule has 0 amide bonds. The van der Waals surface area contributed by atoms with Crippen LogP contribution < -0.4 is 10.6 Å². The zero-order valence-electron chi connectivity index (χ0n) is 11.3. The molecule has 2 N–H and O–H groups in total. The fraction of sp³-hybridized carbons (Fsp3) is 0.333. The van der Waals surface area contributed by atoms with Crippen LogP contribution in [0.2, 0.25) is 0 Å². The summed E-state index contributed by atoms with van der Waals surface area (Å²) in [7, 11) is 0. The van der Waals surface area contributed by atoms with Crippen LogP contribution in [0.4, 0.5) is 11.6 Å². The maximum Gasteiger partial charge on any atom is 0.223 e. The van der Waals surface area contributed by atoms with Crippen molar-refractivity contribution in [2.24, 2.45) is 0 Å². The zero-order chi connectivity index (χ0) is 13.9. The Hall–Kier alpha value is -2.64. The first kappa shape index (κ1) is 12.4. The first-order valence-electron chi connectivity index (χ1n) is 6.37. The van der Waals surface area contributed by atoms with E-state index in [1.165, 1.54) is 0 Å². The minimum absolute atomic E-state index is 0.433. The Morgan fingerprint density at radius 2 is 2.20 bits per heavy atom. The molecule has 104 valence electrons. The van der Waals surface area contributed by atoms with Gasteiger partial charge in [-0.3, -0.25) is 0 Å². The summed E-state index contributed by atoms with van der Waals surface area (Å²) in [6.07, 6.45) is 5.51. The van der Waals surface area contributed by atoms with Gasteiger partial charge in [-0.1, -0.05) is 5.16 Å². The molecule has 0 atom stereocenters. The summed E-state index contributed by atoms with van der Waals surface area (Å²) in [5.74, 6) is 2.59. The number of rotatable bonds is 5. The maximum atomic E-state index is 4.93. The molecule has 3 aromatic rings. The van der Waals surface area contributed by atoms with Crippen LogP contribution in [-0.2, 0) is 6.54 Å². The normalized spacial score (nSPS) is 10.9. The average Bonchev–Trinajstić information content (AvgIpc) is 3.05. The van der Waals surface area contributed by atoms with E-state index >= 15 is 0 Å². The largest absolute Gasteiger partial charge is 0.369 e. The lowest BCUT2D eigenvalue weighted by molar-refractivity contribution is 0.388. The van der Waals surface area contributed by atoms with E-state index in [4.69, 9.17) is 4.52 Å². The summed E-state index contributed by atoms with van der Waals surface area (Å²) in [4.78, 5) is 12.9. The maximum absolute atomic E-state index is 4.93. The van der Waals surface area contributed by atoms with Gasteiger partial charge in [-0.15, -0.1) is 0 Å². The SMILES string of the molecule is CCNc1cn2ccnc2c(NCc2noc(C)n2)n1. The molecule has 0 saturated heterocycles. The number of nitrogens with zero attached hydrogens (tertiary/aromatic N) is 5. The van der Waals surface area contributed by atoms with Gasteiger partial charge in [0, 0.05) is 25.9 Å². The van der Waals surface area contributed by atoms with Gasteiger partial charge >= 0.3 is 0 Å². The molecule has 0 unspecified atom stereocenters. The molecule has 0 bridgehead atoms. The van der Waals surface area contributed by atoms with Crippen LogP contribution in [0.15, 0.2) is 23.1 Å². The molecule has 20 heavy (non-hydrogen) atoms. The van der Waals surface area contributed by atoms with Crippen LogP contribution in [-0.4, -0.2) is 31.1 Å². The van der Waals surface area contributed by atoms with E-state index in [9.17, 15) is 0 Å². The summed E-state index contributed by atoms with van der Waals surface area (Å²) in [5, 5.41) is 10.2. The van der Waals surface area contributed by atoms with Gasteiger partial charge in [-0.2, -0.15) is 4.98 Å². The lowest BCUT2D eigenvalue weighted by Gasteiger charge is -2.08. The molecule has 3 aromatic heterocycles. The standard InChI is InChI=1S/C12H15N7O/c1-3-13-10-7-19-5-4-14-12(19)11(17-10)15-6-9-16-8(2)20-18-9/h4-5,7,13H,3,6H2,1-2H3,(H,15,17). The van der Waals surface area contributed by atoms with Crippen molar-refractivity contribution in [1.29, 1.82) is 0 Å². The Morgan fingerprint density at radius 1 is 1.30 bits per heavy atom. The van der Waals surface area contributed by atoms with Crippen LogP contribution >= 0.6 is 0 Å². The molecule has 8 nitrogen and oxygen atoms in total. The second-order valence-corrected chi connectivity index (χ2v) is 4.25. The van der Waals surface area contributed by atoms with Crippen molar-refractivity contribution in [2.45, 2.75) is 20.4 Å². The minimum Gasteiger partial charge on any atom is -0.369 e. The van der Waals surface area contributed by atoms with Gasteiger partial charge in [0.1, 0.15) is 5.82 Å². The highest BCUT2D eigenvalue weighted by Crippen LogP contribution is 2.16. The smallest absolute Gasteiger partial charge is 0.223 e. The number of imidazole rings is 1. The third-order valence-corrected chi connectivity index (χ3v) is 2.72. The van der Waals surface area contributed by atoms with Gasteiger partial charge in [0.05, 0.1) is 12.7 Å². The van der Waals surface area contributed by atoms with Gasteiger partial charge in [-0.05, 0) is 6.92 Å². The third kappa shape index (κ3) is 2.40. The summed E-state index contributed by atoms with van der Waals surface area (Å²) >= 11 is 0. The van der Waals surface area contributed by atoms with E-state index in [0.717, 1.165) is 18.0 Å². The van der Waals surface area contributed by atoms with Crippen molar-refractivity contribution in [2.75, 3.05) is 17.2 Å². The summed E-state index contributed by atoms with van der Waals surface area (Å²) in [6, 6.07) is 0. The molecule has 3 rings (SSSR count). The van der Waals surface area contributed by atoms with Gasteiger partial charge in [-0.25, -0.2) is 9.97 Å². The number of nitrogens with one attached hydrogen (secondary N) is 2. The topological polar surface area (TPSA) is 93.2 Å². The van der Waals surface area contributed by atoms with E-state index < -0.39 is 0 Å². The predicted octanol–water partition coefficient (Wildman–Crippen LogP) is 1.46. The molecule has 0 aromatic carbocycles. The van der Waals surface area contributed by atoms with Crippen molar-refractivity contribution in [1.82, 2.24) is 24.5 Å². The molecule has 8 heteroatoms. The van der Waals surface area contributed by atoms with Crippen molar-refractivity contribution < 1.29 is 4.52 Å². The quantitative estimate of drug-likeness (QED) is 0.727. The Balaban J connectivity index is 1.87. The van der Waals surface area contributed by atoms with Crippen molar-refractivity contribution in [3.8, 4) is 0 Å². The molecule has 0 fully saturated rings. The molecular formula is C12H15N7O. The third-order valence-electron chi connectivity index (χ3n) is 2.72. The van der Waals surface area contributed by atoms with Gasteiger partial charge in [0.2, 0.25) is 5.89 Å². The van der Waals surface area contributed by atoms with Crippen LogP contribution in [0.5, 0.6) is 0 Å².